The van der Waals surface area contributed by atoms with Crippen LogP contribution in [0.2, 0.25) is 0 Å². The first-order valence-corrected chi connectivity index (χ1v) is 4.49. The maximum atomic E-state index is 11.3. The summed E-state index contributed by atoms with van der Waals surface area (Å²) < 4.78 is 5.75. The van der Waals surface area contributed by atoms with Gasteiger partial charge in [0.15, 0.2) is 0 Å². The highest BCUT2D eigenvalue weighted by molar-refractivity contribution is 5.21. The van der Waals surface area contributed by atoms with E-state index in [0.717, 1.165) is 10.8 Å². The summed E-state index contributed by atoms with van der Waals surface area (Å²) >= 11 is 0. The average molecular weight is 225 g/mol. The summed E-state index contributed by atoms with van der Waals surface area (Å²) in [6.07, 6.45) is 0.236. The predicted molar refractivity (Wildman–Crippen MR) is 53.9 cm³/mol. The van der Waals surface area contributed by atoms with Gasteiger partial charge in [0.1, 0.15) is 11.6 Å². The first kappa shape index (κ1) is 12.2. The highest BCUT2D eigenvalue weighted by Crippen LogP contribution is 1.90. The number of ether oxygens (including phenoxy) is 1. The highest BCUT2D eigenvalue weighted by atomic mass is 16.5. The number of rotatable bonds is 4. The van der Waals surface area contributed by atoms with Crippen molar-refractivity contribution in [2.45, 2.75) is 12.6 Å². The molecule has 0 saturated heterocycles. The van der Waals surface area contributed by atoms with Gasteiger partial charge in [-0.25, -0.2) is 4.79 Å². The van der Waals surface area contributed by atoms with E-state index in [4.69, 9.17) is 10.00 Å². The Morgan fingerprint density at radius 3 is 2.94 bits per heavy atom. The summed E-state index contributed by atoms with van der Waals surface area (Å²) in [6.45, 7) is 0.0194. The van der Waals surface area contributed by atoms with Gasteiger partial charge in [0.25, 0.3) is 5.56 Å². The van der Waals surface area contributed by atoms with Gasteiger partial charge in [-0.2, -0.15) is 5.26 Å². The largest absolute Gasteiger partial charge is 0.389 e. The molecule has 0 bridgehead atoms. The van der Waals surface area contributed by atoms with Gasteiger partial charge in [0, 0.05) is 13.3 Å². The molecule has 0 spiro atoms. The molecule has 0 fully saturated rings. The van der Waals surface area contributed by atoms with Crippen LogP contribution in [0.3, 0.4) is 0 Å². The van der Waals surface area contributed by atoms with Gasteiger partial charge in [0.05, 0.1) is 19.3 Å². The summed E-state index contributed by atoms with van der Waals surface area (Å²) in [6, 6.07) is 1.65. The Kier molecular flexibility index (Phi) is 3.99. The fraction of sp³-hybridized carbons (Fsp3) is 0.444. The first-order chi connectivity index (χ1) is 7.58. The van der Waals surface area contributed by atoms with Crippen molar-refractivity contribution in [1.82, 2.24) is 9.55 Å². The Bertz CT molecular complexity index is 511. The molecule has 0 saturated carbocycles. The van der Waals surface area contributed by atoms with Gasteiger partial charge in [-0.15, -0.1) is 0 Å². The second kappa shape index (κ2) is 5.25. The van der Waals surface area contributed by atoms with Crippen molar-refractivity contribution in [3.05, 3.63) is 32.6 Å². The average Bonchev–Trinajstić information content (AvgIpc) is 2.22. The van der Waals surface area contributed by atoms with Gasteiger partial charge < -0.3 is 9.84 Å². The molecule has 0 aliphatic heterocycles. The molecule has 0 amide bonds. The van der Waals surface area contributed by atoms with Crippen molar-refractivity contribution in [2.75, 3.05) is 13.7 Å². The number of aliphatic hydroxyl groups excluding tert-OH is 1. The number of nitrogens with one attached hydrogen (secondary N) is 1. The van der Waals surface area contributed by atoms with E-state index in [1.165, 1.54) is 7.11 Å². The van der Waals surface area contributed by atoms with Gasteiger partial charge in [-0.1, -0.05) is 0 Å². The number of aromatic amines is 1. The van der Waals surface area contributed by atoms with Crippen LogP contribution >= 0.6 is 0 Å². The number of aromatic nitrogens is 2. The van der Waals surface area contributed by atoms with Gasteiger partial charge in [-0.3, -0.25) is 14.3 Å². The van der Waals surface area contributed by atoms with Crippen molar-refractivity contribution in [2.24, 2.45) is 0 Å². The Balaban J connectivity index is 3.02. The quantitative estimate of drug-likeness (QED) is 0.642. The standard InChI is InChI=1S/C9H11N3O4/c1-16-5-7(13)4-12-3-6(2-10)8(14)11-9(12)15/h3,7,13H,4-5H2,1H3,(H,11,14,15). The van der Waals surface area contributed by atoms with Gasteiger partial charge in [-0.05, 0) is 0 Å². The number of hydrogen-bond donors (Lipinski definition) is 2. The zero-order valence-electron chi connectivity index (χ0n) is 8.64. The lowest BCUT2D eigenvalue weighted by Gasteiger charge is -2.10. The Labute approximate surface area is 90.5 Å². The van der Waals surface area contributed by atoms with E-state index in [0.29, 0.717) is 0 Å². The van der Waals surface area contributed by atoms with Crippen LogP contribution in [0, 0.1) is 11.3 Å². The molecule has 0 aliphatic carbocycles. The molecular formula is C9H11N3O4. The molecule has 7 heteroatoms. The van der Waals surface area contributed by atoms with Crippen LogP contribution in [0.4, 0.5) is 0 Å². The summed E-state index contributed by atoms with van der Waals surface area (Å²) in [5, 5.41) is 18.0. The molecule has 86 valence electrons. The zero-order chi connectivity index (χ0) is 12.1. The number of nitrogens with zero attached hydrogens (tertiary/aromatic N) is 2. The van der Waals surface area contributed by atoms with E-state index in [9.17, 15) is 14.7 Å². The zero-order valence-corrected chi connectivity index (χ0v) is 8.64. The second-order valence-corrected chi connectivity index (χ2v) is 3.18. The lowest BCUT2D eigenvalue weighted by Crippen LogP contribution is -2.35. The Morgan fingerprint density at radius 2 is 2.38 bits per heavy atom. The monoisotopic (exact) mass is 225 g/mol. The molecule has 1 rings (SSSR count). The van der Waals surface area contributed by atoms with E-state index in [1.54, 1.807) is 6.07 Å². The number of methoxy groups -OCH3 is 1. The molecule has 1 unspecified atom stereocenters. The van der Waals surface area contributed by atoms with Crippen molar-refractivity contribution in [1.29, 1.82) is 5.26 Å². The fourth-order valence-electron chi connectivity index (χ4n) is 1.20. The smallest absolute Gasteiger partial charge is 0.328 e. The van der Waals surface area contributed by atoms with Crippen molar-refractivity contribution < 1.29 is 9.84 Å². The minimum absolute atomic E-state index is 0.0435. The summed E-state index contributed by atoms with van der Waals surface area (Å²) in [5.74, 6) is 0. The SMILES string of the molecule is COCC(O)Cn1cc(C#N)c(=O)[nH]c1=O. The minimum atomic E-state index is -0.875. The third-order valence-corrected chi connectivity index (χ3v) is 1.90. The molecule has 0 radical (unpaired) electrons. The van der Waals surface area contributed by atoms with Crippen LogP contribution in [0.25, 0.3) is 0 Å². The molecule has 1 heterocycles. The van der Waals surface area contributed by atoms with Crippen LogP contribution in [0.15, 0.2) is 15.8 Å². The summed E-state index contributed by atoms with van der Waals surface area (Å²) in [7, 11) is 1.42. The van der Waals surface area contributed by atoms with E-state index in [2.05, 4.69) is 0 Å². The maximum Gasteiger partial charge on any atom is 0.328 e. The number of aliphatic hydroxyl groups is 1. The van der Waals surface area contributed by atoms with E-state index >= 15 is 0 Å². The van der Waals surface area contributed by atoms with Crippen LogP contribution < -0.4 is 11.2 Å². The number of nitriles is 1. The van der Waals surface area contributed by atoms with E-state index in [-0.39, 0.29) is 18.7 Å². The summed E-state index contributed by atoms with van der Waals surface area (Å²) in [4.78, 5) is 24.3. The molecular weight excluding hydrogens is 214 g/mol. The van der Waals surface area contributed by atoms with Crippen LogP contribution in [-0.2, 0) is 11.3 Å². The lowest BCUT2D eigenvalue weighted by atomic mass is 10.3. The van der Waals surface area contributed by atoms with E-state index < -0.39 is 17.4 Å². The van der Waals surface area contributed by atoms with Crippen molar-refractivity contribution in [3.8, 4) is 6.07 Å². The van der Waals surface area contributed by atoms with Gasteiger partial charge >= 0.3 is 5.69 Å². The normalized spacial score (nSPS) is 12.1. The Hall–Kier alpha value is -1.91. The fourth-order valence-corrected chi connectivity index (χ4v) is 1.20. The van der Waals surface area contributed by atoms with Crippen molar-refractivity contribution >= 4 is 0 Å². The molecule has 16 heavy (non-hydrogen) atoms. The second-order valence-electron chi connectivity index (χ2n) is 3.18. The third-order valence-electron chi connectivity index (χ3n) is 1.90. The predicted octanol–water partition coefficient (Wildman–Crippen LogP) is -1.58. The molecule has 2 N–H and O–H groups in total. The first-order valence-electron chi connectivity index (χ1n) is 4.49. The topological polar surface area (TPSA) is 108 Å². The minimum Gasteiger partial charge on any atom is -0.389 e. The van der Waals surface area contributed by atoms with Crippen LogP contribution in [-0.4, -0.2) is 34.5 Å². The van der Waals surface area contributed by atoms with E-state index in [1.807, 2.05) is 4.98 Å². The number of hydrogen-bond acceptors (Lipinski definition) is 5. The maximum absolute atomic E-state index is 11.3. The van der Waals surface area contributed by atoms with Crippen molar-refractivity contribution in [3.63, 3.8) is 0 Å². The third kappa shape index (κ3) is 2.79. The Morgan fingerprint density at radius 1 is 1.69 bits per heavy atom. The summed E-state index contributed by atoms with van der Waals surface area (Å²) in [5.41, 5.74) is -1.58. The highest BCUT2D eigenvalue weighted by Gasteiger charge is 2.08. The van der Waals surface area contributed by atoms with Crippen LogP contribution in [0.1, 0.15) is 5.56 Å². The number of H-pyrrole nitrogens is 1. The van der Waals surface area contributed by atoms with Crippen LogP contribution in [0.5, 0.6) is 0 Å². The molecule has 0 aliphatic rings. The van der Waals surface area contributed by atoms with Gasteiger partial charge in [0.2, 0.25) is 0 Å². The molecule has 1 aromatic rings. The molecule has 7 nitrogen and oxygen atoms in total. The lowest BCUT2D eigenvalue weighted by molar-refractivity contribution is 0.0527. The molecule has 1 atom stereocenters. The molecule has 0 aromatic carbocycles. The molecule has 1 aromatic heterocycles.